The lowest BCUT2D eigenvalue weighted by Gasteiger charge is -2.08. The number of hydrogen-bond acceptors (Lipinski definition) is 3. The van der Waals surface area contributed by atoms with Crippen molar-refractivity contribution in [3.05, 3.63) is 16.5 Å². The van der Waals surface area contributed by atoms with Crippen LogP contribution in [0.15, 0.2) is 5.03 Å². The van der Waals surface area contributed by atoms with Gasteiger partial charge in [0.15, 0.2) is 0 Å². The summed E-state index contributed by atoms with van der Waals surface area (Å²) in [4.78, 5) is 8.90. The Balaban J connectivity index is 2.68. The predicted molar refractivity (Wildman–Crippen MR) is 76.0 cm³/mol. The molecule has 0 atom stereocenters. The van der Waals surface area contributed by atoms with Crippen molar-refractivity contribution in [3.63, 3.8) is 0 Å². The van der Waals surface area contributed by atoms with Gasteiger partial charge in [-0.05, 0) is 25.5 Å². The molecule has 96 valence electrons. The average molecular weight is 273 g/mol. The molecule has 2 nitrogen and oxygen atoms in total. The van der Waals surface area contributed by atoms with E-state index in [0.717, 1.165) is 35.0 Å². The van der Waals surface area contributed by atoms with E-state index in [1.54, 1.807) is 11.8 Å². The molecule has 0 aliphatic rings. The molecule has 0 saturated carbocycles. The zero-order valence-electron chi connectivity index (χ0n) is 10.9. The first-order valence-electron chi connectivity index (χ1n) is 6.34. The highest BCUT2D eigenvalue weighted by Crippen LogP contribution is 2.26. The summed E-state index contributed by atoms with van der Waals surface area (Å²) in [6.07, 6.45) is 5.74. The summed E-state index contributed by atoms with van der Waals surface area (Å²) in [5.41, 5.74) is 1.02. The zero-order valence-corrected chi connectivity index (χ0v) is 12.5. The summed E-state index contributed by atoms with van der Waals surface area (Å²) >= 11 is 7.94. The maximum absolute atomic E-state index is 6.13. The maximum Gasteiger partial charge on any atom is 0.136 e. The second-order valence-corrected chi connectivity index (χ2v) is 5.61. The fraction of sp³-hybridized carbons (Fsp3) is 0.692. The summed E-state index contributed by atoms with van der Waals surface area (Å²) in [5, 5.41) is 1.67. The van der Waals surface area contributed by atoms with Gasteiger partial charge in [-0.25, -0.2) is 9.97 Å². The zero-order chi connectivity index (χ0) is 12.7. The third kappa shape index (κ3) is 4.84. The second kappa shape index (κ2) is 7.93. The van der Waals surface area contributed by atoms with Crippen molar-refractivity contribution in [2.75, 3.05) is 5.75 Å². The number of aromatic nitrogens is 2. The lowest BCUT2D eigenvalue weighted by Crippen LogP contribution is -2.00. The van der Waals surface area contributed by atoms with E-state index in [4.69, 9.17) is 11.6 Å². The van der Waals surface area contributed by atoms with Crippen LogP contribution in [0.2, 0.25) is 5.15 Å². The number of thioether (sulfide) groups is 1. The molecule has 0 spiro atoms. The number of aryl methyl sites for hydroxylation is 1. The molecule has 4 heteroatoms. The van der Waals surface area contributed by atoms with E-state index < -0.39 is 0 Å². The number of rotatable bonds is 7. The van der Waals surface area contributed by atoms with Crippen molar-refractivity contribution in [2.45, 2.75) is 57.9 Å². The molecule has 1 aromatic heterocycles. The Labute approximate surface area is 114 Å². The van der Waals surface area contributed by atoms with Gasteiger partial charge in [-0.1, -0.05) is 38.3 Å². The van der Waals surface area contributed by atoms with Crippen LogP contribution in [-0.4, -0.2) is 15.7 Å². The van der Waals surface area contributed by atoms with Gasteiger partial charge < -0.3 is 0 Å². The van der Waals surface area contributed by atoms with Crippen LogP contribution < -0.4 is 0 Å². The van der Waals surface area contributed by atoms with Gasteiger partial charge in [0.1, 0.15) is 16.0 Å². The highest BCUT2D eigenvalue weighted by Gasteiger charge is 2.09. The fourth-order valence-corrected chi connectivity index (χ4v) is 2.78. The molecule has 0 radical (unpaired) electrons. The van der Waals surface area contributed by atoms with Crippen LogP contribution in [0.3, 0.4) is 0 Å². The summed E-state index contributed by atoms with van der Waals surface area (Å²) in [7, 11) is 0. The van der Waals surface area contributed by atoms with Crippen LogP contribution >= 0.6 is 23.4 Å². The first-order chi connectivity index (χ1) is 8.19. The fourth-order valence-electron chi connectivity index (χ4n) is 1.51. The minimum absolute atomic E-state index is 0.612. The van der Waals surface area contributed by atoms with Crippen LogP contribution in [0.25, 0.3) is 0 Å². The molecular formula is C13H21ClN2S. The average Bonchev–Trinajstić information content (AvgIpc) is 2.31. The largest absolute Gasteiger partial charge is 0.226 e. The molecule has 0 aliphatic heterocycles. The first kappa shape index (κ1) is 14.8. The molecular weight excluding hydrogens is 252 g/mol. The summed E-state index contributed by atoms with van der Waals surface area (Å²) in [6.45, 7) is 6.35. The van der Waals surface area contributed by atoms with Crippen molar-refractivity contribution in [1.29, 1.82) is 0 Å². The Kier molecular flexibility index (Phi) is 6.90. The standard InChI is InChI=1S/C13H21ClN2S/c1-4-6-7-9-17-13-10(3)12(14)15-11(16-13)8-5-2/h4-9H2,1-3H3. The van der Waals surface area contributed by atoms with Gasteiger partial charge in [0.25, 0.3) is 0 Å². The van der Waals surface area contributed by atoms with Gasteiger partial charge in [-0.15, -0.1) is 11.8 Å². The van der Waals surface area contributed by atoms with Crippen LogP contribution in [0.1, 0.15) is 50.9 Å². The highest BCUT2D eigenvalue weighted by atomic mass is 35.5. The minimum atomic E-state index is 0.612. The molecule has 17 heavy (non-hydrogen) atoms. The normalized spacial score (nSPS) is 10.8. The molecule has 0 N–H and O–H groups in total. The molecule has 0 amide bonds. The van der Waals surface area contributed by atoms with E-state index in [-0.39, 0.29) is 0 Å². The van der Waals surface area contributed by atoms with Gasteiger partial charge in [0.2, 0.25) is 0 Å². The van der Waals surface area contributed by atoms with E-state index in [0.29, 0.717) is 5.15 Å². The summed E-state index contributed by atoms with van der Waals surface area (Å²) < 4.78 is 0. The van der Waals surface area contributed by atoms with E-state index in [9.17, 15) is 0 Å². The van der Waals surface area contributed by atoms with Gasteiger partial charge in [-0.2, -0.15) is 0 Å². The Morgan fingerprint density at radius 1 is 1.12 bits per heavy atom. The van der Waals surface area contributed by atoms with E-state index in [2.05, 4.69) is 23.8 Å². The first-order valence-corrected chi connectivity index (χ1v) is 7.71. The lowest BCUT2D eigenvalue weighted by atomic mass is 10.3. The summed E-state index contributed by atoms with van der Waals surface area (Å²) in [5.74, 6) is 1.99. The van der Waals surface area contributed by atoms with Gasteiger partial charge in [0.05, 0.1) is 0 Å². The molecule has 0 fully saturated rings. The SMILES string of the molecule is CCCCCSc1nc(CCC)nc(Cl)c1C. The second-order valence-electron chi connectivity index (χ2n) is 4.17. The Morgan fingerprint density at radius 2 is 1.88 bits per heavy atom. The third-order valence-corrected chi connectivity index (χ3v) is 4.08. The monoisotopic (exact) mass is 272 g/mol. The van der Waals surface area contributed by atoms with Crippen LogP contribution in [0.4, 0.5) is 0 Å². The van der Waals surface area contributed by atoms with E-state index in [1.165, 1.54) is 19.3 Å². The Bertz CT molecular complexity index is 356. The van der Waals surface area contributed by atoms with Gasteiger partial charge >= 0.3 is 0 Å². The lowest BCUT2D eigenvalue weighted by molar-refractivity contribution is 0.775. The Hall–Kier alpha value is -0.280. The maximum atomic E-state index is 6.13. The smallest absolute Gasteiger partial charge is 0.136 e. The third-order valence-electron chi connectivity index (χ3n) is 2.55. The summed E-state index contributed by atoms with van der Waals surface area (Å²) in [6, 6.07) is 0. The molecule has 0 bridgehead atoms. The van der Waals surface area contributed by atoms with Crippen molar-refractivity contribution in [2.24, 2.45) is 0 Å². The van der Waals surface area contributed by atoms with Crippen LogP contribution in [-0.2, 0) is 6.42 Å². The van der Waals surface area contributed by atoms with Gasteiger partial charge in [-0.3, -0.25) is 0 Å². The van der Waals surface area contributed by atoms with E-state index >= 15 is 0 Å². The van der Waals surface area contributed by atoms with Crippen molar-refractivity contribution < 1.29 is 0 Å². The van der Waals surface area contributed by atoms with Gasteiger partial charge in [0, 0.05) is 12.0 Å². The predicted octanol–water partition coefficient (Wildman–Crippen LogP) is 4.67. The highest BCUT2D eigenvalue weighted by molar-refractivity contribution is 7.99. The van der Waals surface area contributed by atoms with Crippen molar-refractivity contribution in [1.82, 2.24) is 9.97 Å². The minimum Gasteiger partial charge on any atom is -0.226 e. The topological polar surface area (TPSA) is 25.8 Å². The molecule has 0 aliphatic carbocycles. The van der Waals surface area contributed by atoms with Crippen molar-refractivity contribution >= 4 is 23.4 Å². The number of halogens is 1. The molecule has 0 unspecified atom stereocenters. The van der Waals surface area contributed by atoms with Crippen LogP contribution in [0, 0.1) is 6.92 Å². The number of hydrogen-bond donors (Lipinski definition) is 0. The van der Waals surface area contributed by atoms with Crippen LogP contribution in [0.5, 0.6) is 0 Å². The quantitative estimate of drug-likeness (QED) is 0.410. The number of nitrogens with zero attached hydrogens (tertiary/aromatic N) is 2. The van der Waals surface area contributed by atoms with Crippen molar-refractivity contribution in [3.8, 4) is 0 Å². The Morgan fingerprint density at radius 3 is 2.53 bits per heavy atom. The number of unbranched alkanes of at least 4 members (excludes halogenated alkanes) is 2. The molecule has 1 aromatic rings. The molecule has 1 rings (SSSR count). The molecule has 0 saturated heterocycles. The van der Waals surface area contributed by atoms with E-state index in [1.807, 2.05) is 6.92 Å². The molecule has 0 aromatic carbocycles. The molecule has 1 heterocycles.